The monoisotopic (exact) mass is 205 g/mol. The van der Waals surface area contributed by atoms with Gasteiger partial charge in [-0.2, -0.15) is 5.10 Å². The predicted octanol–water partition coefficient (Wildman–Crippen LogP) is 1.93. The summed E-state index contributed by atoms with van der Waals surface area (Å²) in [5.74, 6) is -0.447. The summed E-state index contributed by atoms with van der Waals surface area (Å²) >= 11 is 0. The third-order valence-electron chi connectivity index (χ3n) is 1.83. The Morgan fingerprint density at radius 3 is 3.00 bits per heavy atom. The highest BCUT2D eigenvalue weighted by molar-refractivity contribution is 5.81. The number of aromatic amines is 1. The van der Waals surface area contributed by atoms with Gasteiger partial charge in [-0.25, -0.2) is 4.79 Å². The highest BCUT2D eigenvalue weighted by atomic mass is 16.4. The maximum absolute atomic E-state index is 10.9. The molecule has 0 saturated carbocycles. The second-order valence-corrected chi connectivity index (χ2v) is 3.40. The molecule has 2 N–H and O–H groups in total. The normalized spacial score (nSPS) is 10.3. The van der Waals surface area contributed by atoms with Gasteiger partial charge in [-0.3, -0.25) is 10.4 Å². The van der Waals surface area contributed by atoms with Crippen LogP contribution in [-0.2, 0) is 0 Å². The highest BCUT2D eigenvalue weighted by Gasteiger charge is 2.00. The molecule has 0 radical (unpaired) electrons. The first-order valence-corrected chi connectivity index (χ1v) is 4.55. The van der Waals surface area contributed by atoms with Crippen LogP contribution in [0.2, 0.25) is 0 Å². The van der Waals surface area contributed by atoms with Gasteiger partial charge in [0.2, 0.25) is 0 Å². The van der Waals surface area contributed by atoms with Gasteiger partial charge in [-0.15, -0.1) is 0 Å². The van der Waals surface area contributed by atoms with E-state index in [0.29, 0.717) is 11.1 Å². The van der Waals surface area contributed by atoms with Crippen molar-refractivity contribution in [3.05, 3.63) is 28.7 Å². The number of nitrogens with one attached hydrogen (secondary N) is 2. The van der Waals surface area contributed by atoms with Gasteiger partial charge in [0, 0.05) is 11.8 Å². The lowest BCUT2D eigenvalue weighted by Gasteiger charge is -1.99. The van der Waals surface area contributed by atoms with Gasteiger partial charge in [0.25, 0.3) is 0 Å². The third kappa shape index (κ3) is 2.07. The first-order chi connectivity index (χ1) is 7.15. The molecule has 0 aliphatic carbocycles. The van der Waals surface area contributed by atoms with Crippen LogP contribution in [0.5, 0.6) is 0 Å². The van der Waals surface area contributed by atoms with Crippen molar-refractivity contribution in [2.24, 2.45) is 5.10 Å². The summed E-state index contributed by atoms with van der Waals surface area (Å²) in [6.07, 6.45) is 0. The molecule has 1 aromatic carbocycles. The standard InChI is InChI=1S/C10H11N3O2/c1-6(2)12-13-7-3-4-8-9(5-7)15-10(14)11-8/h3-5,13H,1-2H3,(H,11,14). The number of aromatic nitrogens is 1. The molecule has 15 heavy (non-hydrogen) atoms. The zero-order valence-corrected chi connectivity index (χ0v) is 8.50. The minimum Gasteiger partial charge on any atom is -0.408 e. The molecule has 0 unspecified atom stereocenters. The summed E-state index contributed by atoms with van der Waals surface area (Å²) in [4.78, 5) is 13.5. The van der Waals surface area contributed by atoms with Gasteiger partial charge < -0.3 is 4.42 Å². The molecule has 0 fully saturated rings. The lowest BCUT2D eigenvalue weighted by molar-refractivity contribution is 0.555. The number of anilines is 1. The minimum absolute atomic E-state index is 0.447. The maximum Gasteiger partial charge on any atom is 0.417 e. The van der Waals surface area contributed by atoms with Crippen LogP contribution in [0.25, 0.3) is 11.1 Å². The molecule has 0 atom stereocenters. The van der Waals surface area contributed by atoms with Gasteiger partial charge in [0.05, 0.1) is 11.2 Å². The number of hydrogen-bond acceptors (Lipinski definition) is 4. The molecule has 2 aromatic rings. The molecule has 1 aromatic heterocycles. The van der Waals surface area contributed by atoms with Crippen molar-refractivity contribution >= 4 is 22.5 Å². The first-order valence-electron chi connectivity index (χ1n) is 4.55. The Kier molecular flexibility index (Phi) is 2.29. The van der Waals surface area contributed by atoms with Crippen LogP contribution >= 0.6 is 0 Å². The van der Waals surface area contributed by atoms with Crippen molar-refractivity contribution in [3.8, 4) is 0 Å². The van der Waals surface area contributed by atoms with Crippen LogP contribution in [0.3, 0.4) is 0 Å². The largest absolute Gasteiger partial charge is 0.417 e. The Labute approximate surface area is 85.8 Å². The van der Waals surface area contributed by atoms with Crippen LogP contribution < -0.4 is 11.2 Å². The first kappa shape index (κ1) is 9.51. The third-order valence-corrected chi connectivity index (χ3v) is 1.83. The molecule has 5 nitrogen and oxygen atoms in total. The molecule has 0 aliphatic rings. The second kappa shape index (κ2) is 3.61. The predicted molar refractivity (Wildman–Crippen MR) is 59.2 cm³/mol. The molecule has 0 spiro atoms. The molecule has 78 valence electrons. The van der Waals surface area contributed by atoms with E-state index in [2.05, 4.69) is 15.5 Å². The summed E-state index contributed by atoms with van der Waals surface area (Å²) in [5, 5.41) is 4.05. The Morgan fingerprint density at radius 1 is 1.47 bits per heavy atom. The van der Waals surface area contributed by atoms with E-state index in [-0.39, 0.29) is 0 Å². The van der Waals surface area contributed by atoms with Crippen molar-refractivity contribution in [2.75, 3.05) is 5.43 Å². The van der Waals surface area contributed by atoms with Gasteiger partial charge in [-0.05, 0) is 26.0 Å². The van der Waals surface area contributed by atoms with E-state index in [4.69, 9.17) is 4.42 Å². The number of nitrogens with zero attached hydrogens (tertiary/aromatic N) is 1. The molecule has 1 heterocycles. The van der Waals surface area contributed by atoms with Crippen LogP contribution in [0.15, 0.2) is 32.5 Å². The smallest absolute Gasteiger partial charge is 0.408 e. The van der Waals surface area contributed by atoms with Gasteiger partial charge in [0.15, 0.2) is 5.58 Å². The SMILES string of the molecule is CC(C)=NNc1ccc2[nH]c(=O)oc2c1. The lowest BCUT2D eigenvalue weighted by atomic mass is 10.3. The molecule has 0 amide bonds. The molecule has 0 bridgehead atoms. The van der Waals surface area contributed by atoms with E-state index in [1.54, 1.807) is 12.1 Å². The van der Waals surface area contributed by atoms with Crippen molar-refractivity contribution in [2.45, 2.75) is 13.8 Å². The summed E-state index contributed by atoms with van der Waals surface area (Å²) in [5.41, 5.74) is 5.77. The Hall–Kier alpha value is -2.04. The van der Waals surface area contributed by atoms with Crippen LogP contribution in [0, 0.1) is 0 Å². The van der Waals surface area contributed by atoms with Crippen molar-refractivity contribution < 1.29 is 4.42 Å². The van der Waals surface area contributed by atoms with Crippen molar-refractivity contribution in [3.63, 3.8) is 0 Å². The number of benzene rings is 1. The Morgan fingerprint density at radius 2 is 2.27 bits per heavy atom. The fourth-order valence-electron chi connectivity index (χ4n) is 1.19. The maximum atomic E-state index is 10.9. The number of hydrogen-bond donors (Lipinski definition) is 2. The molecule has 2 rings (SSSR count). The van der Waals surface area contributed by atoms with Crippen LogP contribution in [0.1, 0.15) is 13.8 Å². The topological polar surface area (TPSA) is 70.4 Å². The quantitative estimate of drug-likeness (QED) is 0.581. The fraction of sp³-hybridized carbons (Fsp3) is 0.200. The number of H-pyrrole nitrogens is 1. The van der Waals surface area contributed by atoms with E-state index in [1.165, 1.54) is 0 Å². The molecular weight excluding hydrogens is 194 g/mol. The van der Waals surface area contributed by atoms with E-state index in [0.717, 1.165) is 11.4 Å². The second-order valence-electron chi connectivity index (χ2n) is 3.40. The molecule has 5 heteroatoms. The van der Waals surface area contributed by atoms with Gasteiger partial charge in [-0.1, -0.05) is 0 Å². The number of rotatable bonds is 2. The van der Waals surface area contributed by atoms with E-state index in [9.17, 15) is 4.79 Å². The summed E-state index contributed by atoms with van der Waals surface area (Å²) in [6.45, 7) is 3.78. The van der Waals surface area contributed by atoms with E-state index >= 15 is 0 Å². The molecule has 0 aliphatic heterocycles. The zero-order valence-electron chi connectivity index (χ0n) is 8.50. The zero-order chi connectivity index (χ0) is 10.8. The average Bonchev–Trinajstić information content (AvgIpc) is 2.53. The molecule has 0 saturated heterocycles. The Balaban J connectivity index is 2.38. The van der Waals surface area contributed by atoms with Crippen molar-refractivity contribution in [1.82, 2.24) is 4.98 Å². The summed E-state index contributed by atoms with van der Waals surface area (Å²) in [6, 6.07) is 5.31. The average molecular weight is 205 g/mol. The summed E-state index contributed by atoms with van der Waals surface area (Å²) < 4.78 is 4.92. The number of oxazole rings is 1. The highest BCUT2D eigenvalue weighted by Crippen LogP contribution is 2.15. The fourth-order valence-corrected chi connectivity index (χ4v) is 1.19. The van der Waals surface area contributed by atoms with Crippen LogP contribution in [0.4, 0.5) is 5.69 Å². The lowest BCUT2D eigenvalue weighted by Crippen LogP contribution is -1.92. The van der Waals surface area contributed by atoms with Crippen LogP contribution in [-0.4, -0.2) is 10.7 Å². The van der Waals surface area contributed by atoms with Crippen molar-refractivity contribution in [1.29, 1.82) is 0 Å². The number of fused-ring (bicyclic) bond motifs is 1. The van der Waals surface area contributed by atoms with Gasteiger partial charge in [0.1, 0.15) is 0 Å². The molecular formula is C10H11N3O2. The Bertz CT molecular complexity index is 561. The van der Waals surface area contributed by atoms with E-state index in [1.807, 2.05) is 19.9 Å². The minimum atomic E-state index is -0.447. The van der Waals surface area contributed by atoms with Gasteiger partial charge >= 0.3 is 5.76 Å². The summed E-state index contributed by atoms with van der Waals surface area (Å²) in [7, 11) is 0. The number of hydrazone groups is 1. The van der Waals surface area contributed by atoms with E-state index < -0.39 is 5.76 Å².